The predicted octanol–water partition coefficient (Wildman–Crippen LogP) is 3.18. The molecular formula is C16H21N3OS. The third-order valence-electron chi connectivity index (χ3n) is 3.23. The number of thiophene rings is 1. The van der Waals surface area contributed by atoms with E-state index >= 15 is 0 Å². The van der Waals surface area contributed by atoms with Gasteiger partial charge in [-0.1, -0.05) is 19.1 Å². The summed E-state index contributed by atoms with van der Waals surface area (Å²) >= 11 is 1.75. The highest BCUT2D eigenvalue weighted by molar-refractivity contribution is 7.09. The minimum absolute atomic E-state index is 0.0187. The number of benzene rings is 1. The third kappa shape index (κ3) is 5.21. The van der Waals surface area contributed by atoms with Gasteiger partial charge in [0.05, 0.1) is 0 Å². The summed E-state index contributed by atoms with van der Waals surface area (Å²) in [6.45, 7) is 4.70. The number of nitrogens with one attached hydrogen (secondary N) is 1. The highest BCUT2D eigenvalue weighted by Gasteiger charge is 2.08. The summed E-state index contributed by atoms with van der Waals surface area (Å²) < 4.78 is 0. The maximum Gasteiger partial charge on any atom is 0.225 e. The van der Waals surface area contributed by atoms with E-state index in [-0.39, 0.29) is 5.91 Å². The number of rotatable bonds is 7. The summed E-state index contributed by atoms with van der Waals surface area (Å²) in [5.41, 5.74) is 7.10. The average molecular weight is 303 g/mol. The van der Waals surface area contributed by atoms with Crippen LogP contribution in [0.4, 0.5) is 11.4 Å². The summed E-state index contributed by atoms with van der Waals surface area (Å²) in [5.74, 6) is 0.0187. The van der Waals surface area contributed by atoms with Gasteiger partial charge in [0.2, 0.25) is 5.91 Å². The van der Waals surface area contributed by atoms with Crippen LogP contribution in [0.1, 0.15) is 18.2 Å². The zero-order valence-electron chi connectivity index (χ0n) is 12.2. The average Bonchev–Trinajstić information content (AvgIpc) is 2.96. The molecule has 0 atom stereocenters. The van der Waals surface area contributed by atoms with Crippen LogP contribution in [0.25, 0.3) is 0 Å². The smallest absolute Gasteiger partial charge is 0.225 e. The van der Waals surface area contributed by atoms with Gasteiger partial charge in [-0.25, -0.2) is 0 Å². The second-order valence-electron chi connectivity index (χ2n) is 4.87. The molecule has 0 spiro atoms. The number of anilines is 2. The molecule has 5 heteroatoms. The summed E-state index contributed by atoms with van der Waals surface area (Å²) in [6, 6.07) is 11.4. The van der Waals surface area contributed by atoms with Gasteiger partial charge in [0, 0.05) is 35.8 Å². The van der Waals surface area contributed by atoms with Crippen molar-refractivity contribution < 1.29 is 4.79 Å². The van der Waals surface area contributed by atoms with Crippen molar-refractivity contribution in [2.45, 2.75) is 19.9 Å². The first kappa shape index (κ1) is 15.5. The molecule has 1 heterocycles. The Morgan fingerprint density at radius 3 is 2.86 bits per heavy atom. The zero-order chi connectivity index (χ0) is 15.1. The van der Waals surface area contributed by atoms with Gasteiger partial charge in [0.15, 0.2) is 0 Å². The molecule has 0 saturated carbocycles. The molecule has 0 aliphatic carbocycles. The normalized spacial score (nSPS) is 10.8. The molecule has 0 bridgehead atoms. The van der Waals surface area contributed by atoms with Gasteiger partial charge in [-0.2, -0.15) is 0 Å². The van der Waals surface area contributed by atoms with Gasteiger partial charge in [-0.05, 0) is 36.2 Å². The molecule has 0 radical (unpaired) electrons. The van der Waals surface area contributed by atoms with E-state index in [2.05, 4.69) is 34.7 Å². The molecule has 21 heavy (non-hydrogen) atoms. The predicted molar refractivity (Wildman–Crippen MR) is 89.4 cm³/mol. The Hall–Kier alpha value is -1.85. The quantitative estimate of drug-likeness (QED) is 0.772. The summed E-state index contributed by atoms with van der Waals surface area (Å²) in [5, 5.41) is 4.96. The minimum Gasteiger partial charge on any atom is -0.399 e. The fourth-order valence-corrected chi connectivity index (χ4v) is 2.82. The van der Waals surface area contributed by atoms with E-state index in [1.807, 2.05) is 12.1 Å². The van der Waals surface area contributed by atoms with Crippen molar-refractivity contribution in [2.24, 2.45) is 0 Å². The molecular weight excluding hydrogens is 282 g/mol. The van der Waals surface area contributed by atoms with Crippen molar-refractivity contribution in [3.63, 3.8) is 0 Å². The molecule has 0 fully saturated rings. The Bertz CT molecular complexity index is 569. The molecule has 112 valence electrons. The second kappa shape index (κ2) is 7.81. The van der Waals surface area contributed by atoms with Crippen LogP contribution in [-0.2, 0) is 11.3 Å². The molecule has 1 aromatic heterocycles. The van der Waals surface area contributed by atoms with Crippen molar-refractivity contribution in [1.29, 1.82) is 0 Å². The van der Waals surface area contributed by atoms with Gasteiger partial charge in [0.1, 0.15) is 0 Å². The van der Waals surface area contributed by atoms with Crippen LogP contribution in [0.3, 0.4) is 0 Å². The molecule has 0 unspecified atom stereocenters. The maximum absolute atomic E-state index is 12.0. The molecule has 4 nitrogen and oxygen atoms in total. The number of hydrogen-bond donors (Lipinski definition) is 2. The summed E-state index contributed by atoms with van der Waals surface area (Å²) in [4.78, 5) is 15.6. The van der Waals surface area contributed by atoms with Crippen LogP contribution in [0.5, 0.6) is 0 Å². The Morgan fingerprint density at radius 1 is 1.33 bits per heavy atom. The van der Waals surface area contributed by atoms with E-state index in [0.717, 1.165) is 25.3 Å². The van der Waals surface area contributed by atoms with E-state index in [9.17, 15) is 4.79 Å². The first-order valence-electron chi connectivity index (χ1n) is 7.07. The first-order valence-corrected chi connectivity index (χ1v) is 7.95. The fraction of sp³-hybridized carbons (Fsp3) is 0.312. The molecule has 1 aromatic carbocycles. The topological polar surface area (TPSA) is 58.4 Å². The van der Waals surface area contributed by atoms with Crippen molar-refractivity contribution in [2.75, 3.05) is 24.1 Å². The molecule has 3 N–H and O–H groups in total. The van der Waals surface area contributed by atoms with Gasteiger partial charge in [-0.15, -0.1) is 11.3 Å². The van der Waals surface area contributed by atoms with Crippen LogP contribution in [-0.4, -0.2) is 23.9 Å². The molecule has 0 saturated heterocycles. The molecule has 2 aromatic rings. The van der Waals surface area contributed by atoms with E-state index in [1.165, 1.54) is 4.88 Å². The lowest BCUT2D eigenvalue weighted by atomic mass is 10.2. The number of hydrogen-bond acceptors (Lipinski definition) is 4. The van der Waals surface area contributed by atoms with Gasteiger partial charge in [-0.3, -0.25) is 9.69 Å². The Morgan fingerprint density at radius 2 is 2.19 bits per heavy atom. The lowest BCUT2D eigenvalue weighted by Crippen LogP contribution is -2.27. The SMILES string of the molecule is CCN(CCC(=O)Nc1cccc(N)c1)Cc1cccs1. The molecule has 0 aliphatic heterocycles. The summed E-state index contributed by atoms with van der Waals surface area (Å²) in [7, 11) is 0. The van der Waals surface area contributed by atoms with Crippen molar-refractivity contribution >= 4 is 28.6 Å². The highest BCUT2D eigenvalue weighted by Crippen LogP contribution is 2.13. The maximum atomic E-state index is 12.0. The van der Waals surface area contributed by atoms with Crippen LogP contribution in [0, 0.1) is 0 Å². The molecule has 0 aliphatic rings. The minimum atomic E-state index is 0.0187. The Labute approximate surface area is 129 Å². The third-order valence-corrected chi connectivity index (χ3v) is 4.09. The molecule has 2 rings (SSSR count). The highest BCUT2D eigenvalue weighted by atomic mass is 32.1. The van der Waals surface area contributed by atoms with Crippen LogP contribution < -0.4 is 11.1 Å². The van der Waals surface area contributed by atoms with Gasteiger partial charge in [0.25, 0.3) is 0 Å². The van der Waals surface area contributed by atoms with Gasteiger partial charge >= 0.3 is 0 Å². The number of carbonyl (C=O) groups excluding carboxylic acids is 1. The number of carbonyl (C=O) groups is 1. The first-order chi connectivity index (χ1) is 10.2. The van der Waals surface area contributed by atoms with E-state index < -0.39 is 0 Å². The van der Waals surface area contributed by atoms with Crippen LogP contribution in [0.15, 0.2) is 41.8 Å². The monoisotopic (exact) mass is 303 g/mol. The van der Waals surface area contributed by atoms with Crippen molar-refractivity contribution in [3.8, 4) is 0 Å². The second-order valence-corrected chi connectivity index (χ2v) is 5.90. The Kier molecular flexibility index (Phi) is 5.78. The number of nitrogen functional groups attached to an aromatic ring is 1. The zero-order valence-corrected chi connectivity index (χ0v) is 13.0. The van der Waals surface area contributed by atoms with E-state index in [0.29, 0.717) is 12.1 Å². The number of nitrogens with two attached hydrogens (primary N) is 1. The van der Waals surface area contributed by atoms with Crippen LogP contribution in [0.2, 0.25) is 0 Å². The molecule has 1 amide bonds. The van der Waals surface area contributed by atoms with Crippen molar-refractivity contribution in [3.05, 3.63) is 46.7 Å². The number of nitrogens with zero attached hydrogens (tertiary/aromatic N) is 1. The Balaban J connectivity index is 1.79. The standard InChI is InChI=1S/C16H21N3OS/c1-2-19(12-15-7-4-10-21-15)9-8-16(20)18-14-6-3-5-13(17)11-14/h3-7,10-11H,2,8-9,12,17H2,1H3,(H,18,20). The fourth-order valence-electron chi connectivity index (χ4n) is 2.07. The van der Waals surface area contributed by atoms with E-state index in [4.69, 9.17) is 5.73 Å². The number of amides is 1. The van der Waals surface area contributed by atoms with Gasteiger partial charge < -0.3 is 11.1 Å². The largest absolute Gasteiger partial charge is 0.399 e. The summed E-state index contributed by atoms with van der Waals surface area (Å²) in [6.07, 6.45) is 0.480. The van der Waals surface area contributed by atoms with Crippen molar-refractivity contribution in [1.82, 2.24) is 4.90 Å². The lowest BCUT2D eigenvalue weighted by molar-refractivity contribution is -0.116. The van der Waals surface area contributed by atoms with Crippen LogP contribution >= 0.6 is 11.3 Å². The van der Waals surface area contributed by atoms with E-state index in [1.54, 1.807) is 23.5 Å². The lowest BCUT2D eigenvalue weighted by Gasteiger charge is -2.19.